The van der Waals surface area contributed by atoms with E-state index in [9.17, 15) is 13.2 Å². The van der Waals surface area contributed by atoms with Crippen molar-refractivity contribution in [3.8, 4) is 0 Å². The van der Waals surface area contributed by atoms with Crippen molar-refractivity contribution < 1.29 is 22.1 Å². The summed E-state index contributed by atoms with van der Waals surface area (Å²) in [6, 6.07) is -0.215. The van der Waals surface area contributed by atoms with Crippen LogP contribution in [0.4, 0.5) is 4.79 Å². The lowest BCUT2D eigenvalue weighted by Crippen LogP contribution is -2.52. The van der Waals surface area contributed by atoms with Gasteiger partial charge in [-0.05, 0) is 71.1 Å². The molecule has 0 aromatic rings. The van der Waals surface area contributed by atoms with E-state index < -0.39 is 15.7 Å². The summed E-state index contributed by atoms with van der Waals surface area (Å²) in [4.78, 5) is 14.2. The quantitative estimate of drug-likeness (QED) is 0.605. The van der Waals surface area contributed by atoms with E-state index in [0.29, 0.717) is 31.2 Å². The topological polar surface area (TPSA) is 72.9 Å². The number of carbonyl (C=O) groups excluding carboxylic acids is 1. The molecule has 0 aromatic carbocycles. The molecule has 1 amide bonds. The fraction of sp³-hybridized carbons (Fsp3) is 0.944. The SMILES string of the molecule is C.CC(C)(C)OC(=O)N1CCC2CC1COS(=O)(=O)C1CCC2CC1. The summed E-state index contributed by atoms with van der Waals surface area (Å²) in [6.45, 7) is 6.19. The minimum Gasteiger partial charge on any atom is -0.444 e. The second-order valence-corrected chi connectivity index (χ2v) is 10.3. The third-order valence-electron chi connectivity index (χ3n) is 5.60. The van der Waals surface area contributed by atoms with Gasteiger partial charge >= 0.3 is 6.09 Å². The molecule has 25 heavy (non-hydrogen) atoms. The molecule has 6 nitrogen and oxygen atoms in total. The minimum absolute atomic E-state index is 0. The Hall–Kier alpha value is -0.820. The largest absolute Gasteiger partial charge is 0.444 e. The van der Waals surface area contributed by atoms with Crippen molar-refractivity contribution in [1.82, 2.24) is 4.90 Å². The number of carbonyl (C=O) groups is 1. The Morgan fingerprint density at radius 3 is 2.32 bits per heavy atom. The van der Waals surface area contributed by atoms with Crippen LogP contribution in [-0.4, -0.2) is 49.5 Å². The van der Waals surface area contributed by atoms with E-state index in [-0.39, 0.29) is 31.4 Å². The molecular formula is C18H33NO5S. The molecule has 0 radical (unpaired) electrons. The maximum absolute atomic E-state index is 12.5. The Morgan fingerprint density at radius 2 is 1.72 bits per heavy atom. The first-order valence-corrected chi connectivity index (χ1v) is 10.5. The first kappa shape index (κ1) is 20.5. The van der Waals surface area contributed by atoms with Crippen molar-refractivity contribution >= 4 is 16.2 Å². The van der Waals surface area contributed by atoms with E-state index in [1.165, 1.54) is 0 Å². The summed E-state index contributed by atoms with van der Waals surface area (Å²) in [5, 5.41) is -0.373. The van der Waals surface area contributed by atoms with Gasteiger partial charge in [0, 0.05) is 6.54 Å². The van der Waals surface area contributed by atoms with Crippen LogP contribution in [0.25, 0.3) is 0 Å². The van der Waals surface area contributed by atoms with Crippen LogP contribution in [0.15, 0.2) is 0 Å². The molecule has 0 aromatic heterocycles. The molecular weight excluding hydrogens is 342 g/mol. The minimum atomic E-state index is -3.53. The van der Waals surface area contributed by atoms with Gasteiger partial charge in [-0.3, -0.25) is 4.18 Å². The highest BCUT2D eigenvalue weighted by molar-refractivity contribution is 7.87. The summed E-state index contributed by atoms with van der Waals surface area (Å²) in [7, 11) is -3.53. The Labute approximate surface area is 152 Å². The average Bonchev–Trinajstić information content (AvgIpc) is 2.50. The second-order valence-electron chi connectivity index (χ2n) is 8.43. The molecule has 1 saturated carbocycles. The van der Waals surface area contributed by atoms with Gasteiger partial charge in [-0.2, -0.15) is 8.42 Å². The number of likely N-dealkylation sites (tertiary alicyclic amines) is 1. The number of nitrogens with zero attached hydrogens (tertiary/aromatic N) is 1. The Balaban J connectivity index is 0.00000225. The number of hydrogen-bond donors (Lipinski definition) is 0. The molecule has 7 heteroatoms. The van der Waals surface area contributed by atoms with Crippen molar-refractivity contribution in [3.63, 3.8) is 0 Å². The van der Waals surface area contributed by atoms with Crippen LogP contribution in [0.2, 0.25) is 0 Å². The molecule has 4 bridgehead atoms. The Bertz CT molecular complexity index is 575. The van der Waals surface area contributed by atoms with Gasteiger partial charge in [0.15, 0.2) is 0 Å². The van der Waals surface area contributed by atoms with Crippen LogP contribution in [0.5, 0.6) is 0 Å². The molecule has 3 aliphatic heterocycles. The molecule has 146 valence electrons. The molecule has 1 aliphatic carbocycles. The van der Waals surface area contributed by atoms with Gasteiger partial charge in [0.2, 0.25) is 0 Å². The van der Waals surface area contributed by atoms with Gasteiger partial charge < -0.3 is 9.64 Å². The van der Waals surface area contributed by atoms with E-state index in [4.69, 9.17) is 8.92 Å². The number of fused-ring (bicyclic) bond motifs is 4. The molecule has 4 rings (SSSR count). The number of rotatable bonds is 0. The van der Waals surface area contributed by atoms with Crippen molar-refractivity contribution in [3.05, 3.63) is 0 Å². The predicted octanol–water partition coefficient (Wildman–Crippen LogP) is 3.56. The van der Waals surface area contributed by atoms with Crippen LogP contribution in [0, 0.1) is 11.8 Å². The summed E-state index contributed by atoms with van der Waals surface area (Å²) in [6.07, 6.45) is 4.75. The predicted molar refractivity (Wildman–Crippen MR) is 96.8 cm³/mol. The lowest BCUT2D eigenvalue weighted by molar-refractivity contribution is -0.0100. The van der Waals surface area contributed by atoms with Gasteiger partial charge in [0.1, 0.15) is 5.60 Å². The fourth-order valence-corrected chi connectivity index (χ4v) is 5.74. The standard InChI is InChI=1S/C17H29NO5S.CH4/c1-17(2,3)23-16(19)18-9-8-13-10-14(18)11-22-24(20,21)15-6-4-12(13)5-7-15;/h12-15H,4-11H2,1-3H3;1H4. The van der Waals surface area contributed by atoms with Crippen LogP contribution in [0.3, 0.4) is 0 Å². The maximum Gasteiger partial charge on any atom is 0.410 e. The zero-order valence-electron chi connectivity index (χ0n) is 14.9. The zero-order valence-corrected chi connectivity index (χ0v) is 15.7. The normalized spacial score (nSPS) is 34.8. The number of ether oxygens (including phenoxy) is 1. The van der Waals surface area contributed by atoms with Crippen molar-refractivity contribution in [2.45, 2.75) is 83.6 Å². The maximum atomic E-state index is 12.5. The number of amides is 1. The van der Waals surface area contributed by atoms with E-state index in [1.54, 1.807) is 4.90 Å². The number of piperidine rings is 1. The Kier molecular flexibility index (Phi) is 6.09. The highest BCUT2D eigenvalue weighted by Gasteiger charge is 2.42. The molecule has 4 aliphatic rings. The van der Waals surface area contributed by atoms with Gasteiger partial charge in [-0.15, -0.1) is 0 Å². The summed E-state index contributed by atoms with van der Waals surface area (Å²) >= 11 is 0. The van der Waals surface area contributed by atoms with Crippen molar-refractivity contribution in [2.75, 3.05) is 13.2 Å². The molecule has 2 unspecified atom stereocenters. The third-order valence-corrected chi connectivity index (χ3v) is 7.36. The summed E-state index contributed by atoms with van der Waals surface area (Å²) in [5.41, 5.74) is -0.560. The van der Waals surface area contributed by atoms with Gasteiger partial charge in [0.05, 0.1) is 17.9 Å². The monoisotopic (exact) mass is 375 g/mol. The zero-order chi connectivity index (χ0) is 17.5. The molecule has 0 N–H and O–H groups in total. The summed E-state index contributed by atoms with van der Waals surface area (Å²) in [5.74, 6) is 1.14. The average molecular weight is 376 g/mol. The molecule has 4 fully saturated rings. The highest BCUT2D eigenvalue weighted by Crippen LogP contribution is 2.41. The van der Waals surface area contributed by atoms with Gasteiger partial charge in [0.25, 0.3) is 10.1 Å². The second kappa shape index (κ2) is 7.43. The number of hydrogen-bond acceptors (Lipinski definition) is 5. The van der Waals surface area contributed by atoms with E-state index in [0.717, 1.165) is 25.7 Å². The summed E-state index contributed by atoms with van der Waals surface area (Å²) < 4.78 is 35.6. The lowest BCUT2D eigenvalue weighted by atomic mass is 9.74. The molecule has 2 atom stereocenters. The van der Waals surface area contributed by atoms with Crippen LogP contribution >= 0.6 is 0 Å². The molecule has 0 spiro atoms. The first-order valence-electron chi connectivity index (χ1n) is 9.03. The van der Waals surface area contributed by atoms with Crippen LogP contribution in [0.1, 0.15) is 66.7 Å². The highest BCUT2D eigenvalue weighted by atomic mass is 32.2. The van der Waals surface area contributed by atoms with E-state index in [2.05, 4.69) is 0 Å². The van der Waals surface area contributed by atoms with Crippen LogP contribution in [-0.2, 0) is 19.0 Å². The molecule has 3 heterocycles. The van der Waals surface area contributed by atoms with Gasteiger partial charge in [-0.1, -0.05) is 7.43 Å². The smallest absolute Gasteiger partial charge is 0.410 e. The van der Waals surface area contributed by atoms with E-state index in [1.807, 2.05) is 20.8 Å². The fourth-order valence-electron chi connectivity index (χ4n) is 4.35. The Morgan fingerprint density at radius 1 is 1.08 bits per heavy atom. The first-order chi connectivity index (χ1) is 11.2. The van der Waals surface area contributed by atoms with Crippen LogP contribution < -0.4 is 0 Å². The van der Waals surface area contributed by atoms with Crippen molar-refractivity contribution in [2.24, 2.45) is 11.8 Å². The molecule has 3 saturated heterocycles. The third kappa shape index (κ3) is 4.67. The van der Waals surface area contributed by atoms with Gasteiger partial charge in [-0.25, -0.2) is 4.79 Å². The lowest BCUT2D eigenvalue weighted by Gasteiger charge is -2.44. The van der Waals surface area contributed by atoms with E-state index >= 15 is 0 Å². The van der Waals surface area contributed by atoms with Crippen molar-refractivity contribution in [1.29, 1.82) is 0 Å².